The number of rotatable bonds is 3. The van der Waals surface area contributed by atoms with Crippen molar-refractivity contribution in [3.05, 3.63) is 88.3 Å². The van der Waals surface area contributed by atoms with Crippen molar-refractivity contribution in [2.24, 2.45) is 5.11 Å². The third-order valence-electron chi connectivity index (χ3n) is 4.31. The first-order chi connectivity index (χ1) is 12.3. The van der Waals surface area contributed by atoms with Gasteiger partial charge in [0.05, 0.1) is 29.2 Å². The molecule has 0 amide bonds. The summed E-state index contributed by atoms with van der Waals surface area (Å²) in [5, 5.41) is 15.0. The second-order valence-corrected chi connectivity index (χ2v) is 5.75. The Balaban J connectivity index is 1.96. The molecule has 0 bridgehead atoms. The zero-order valence-corrected chi connectivity index (χ0v) is 13.3. The SMILES string of the molecule is N#Cc1ccc2c(c1)c1ccccc1n2-c1ccc(CN=[N+]=[N-])cc1. The van der Waals surface area contributed by atoms with E-state index in [2.05, 4.69) is 32.8 Å². The number of hydrogen-bond donors (Lipinski definition) is 0. The standard InChI is InChI=1S/C20H13N5/c21-12-15-7-10-20-18(11-15)17-3-1-2-4-19(17)25(20)16-8-5-14(6-9-16)13-23-24-22/h1-11H,13H2. The highest BCUT2D eigenvalue weighted by molar-refractivity contribution is 6.09. The van der Waals surface area contributed by atoms with Gasteiger partial charge in [-0.3, -0.25) is 0 Å². The van der Waals surface area contributed by atoms with Crippen molar-refractivity contribution in [2.45, 2.75) is 6.54 Å². The first-order valence-corrected chi connectivity index (χ1v) is 7.85. The van der Waals surface area contributed by atoms with Crippen LogP contribution in [0.25, 0.3) is 37.9 Å². The van der Waals surface area contributed by atoms with Gasteiger partial charge in [-0.05, 0) is 47.5 Å². The Morgan fingerprint density at radius 1 is 0.960 bits per heavy atom. The van der Waals surface area contributed by atoms with Crippen LogP contribution in [0.3, 0.4) is 0 Å². The van der Waals surface area contributed by atoms with Crippen LogP contribution in [0.1, 0.15) is 11.1 Å². The molecule has 4 aromatic rings. The van der Waals surface area contributed by atoms with Crippen LogP contribution in [0.4, 0.5) is 0 Å². The van der Waals surface area contributed by atoms with Crippen molar-refractivity contribution in [3.63, 3.8) is 0 Å². The molecule has 0 fully saturated rings. The first-order valence-electron chi connectivity index (χ1n) is 7.85. The molecular formula is C20H13N5. The Hall–Kier alpha value is -3.74. The Labute approximate surface area is 144 Å². The van der Waals surface area contributed by atoms with Gasteiger partial charge >= 0.3 is 0 Å². The summed E-state index contributed by atoms with van der Waals surface area (Å²) in [5.74, 6) is 0. The van der Waals surface area contributed by atoms with E-state index in [9.17, 15) is 5.26 Å². The van der Waals surface area contributed by atoms with Crippen molar-refractivity contribution in [3.8, 4) is 11.8 Å². The molecule has 25 heavy (non-hydrogen) atoms. The molecule has 5 heteroatoms. The number of nitrogens with zero attached hydrogens (tertiary/aromatic N) is 5. The molecule has 0 spiro atoms. The van der Waals surface area contributed by atoms with Crippen LogP contribution in [0.5, 0.6) is 0 Å². The minimum Gasteiger partial charge on any atom is -0.309 e. The molecular weight excluding hydrogens is 310 g/mol. The fourth-order valence-corrected chi connectivity index (χ4v) is 3.18. The zero-order valence-electron chi connectivity index (χ0n) is 13.3. The molecule has 1 aromatic heterocycles. The van der Waals surface area contributed by atoms with Crippen LogP contribution in [-0.2, 0) is 6.54 Å². The maximum Gasteiger partial charge on any atom is 0.0991 e. The van der Waals surface area contributed by atoms with Gasteiger partial charge in [-0.15, -0.1) is 0 Å². The Morgan fingerprint density at radius 2 is 1.72 bits per heavy atom. The van der Waals surface area contributed by atoms with Crippen molar-refractivity contribution in [1.29, 1.82) is 5.26 Å². The smallest absolute Gasteiger partial charge is 0.0991 e. The van der Waals surface area contributed by atoms with Crippen LogP contribution in [0, 0.1) is 11.3 Å². The molecule has 1 heterocycles. The summed E-state index contributed by atoms with van der Waals surface area (Å²) < 4.78 is 2.18. The molecule has 5 nitrogen and oxygen atoms in total. The van der Waals surface area contributed by atoms with Crippen LogP contribution in [0.2, 0.25) is 0 Å². The molecule has 0 aliphatic rings. The zero-order chi connectivity index (χ0) is 17.2. The molecule has 0 saturated carbocycles. The van der Waals surface area contributed by atoms with E-state index in [1.807, 2.05) is 54.6 Å². The highest BCUT2D eigenvalue weighted by atomic mass is 15.1. The van der Waals surface area contributed by atoms with Gasteiger partial charge in [0.15, 0.2) is 0 Å². The summed E-state index contributed by atoms with van der Waals surface area (Å²) in [5.41, 5.74) is 13.2. The van der Waals surface area contributed by atoms with E-state index >= 15 is 0 Å². The fourth-order valence-electron chi connectivity index (χ4n) is 3.18. The Kier molecular flexibility index (Phi) is 3.59. The molecule has 118 valence electrons. The van der Waals surface area contributed by atoms with E-state index in [0.717, 1.165) is 33.1 Å². The number of benzene rings is 3. The third kappa shape index (κ3) is 2.47. The molecule has 0 saturated heterocycles. The lowest BCUT2D eigenvalue weighted by atomic mass is 10.1. The molecule has 0 aliphatic carbocycles. The topological polar surface area (TPSA) is 77.5 Å². The van der Waals surface area contributed by atoms with Gasteiger partial charge in [-0.2, -0.15) is 5.26 Å². The number of nitriles is 1. The highest BCUT2D eigenvalue weighted by Gasteiger charge is 2.12. The van der Waals surface area contributed by atoms with Crippen molar-refractivity contribution < 1.29 is 0 Å². The van der Waals surface area contributed by atoms with E-state index in [4.69, 9.17) is 5.53 Å². The van der Waals surface area contributed by atoms with Gasteiger partial charge in [-0.25, -0.2) is 0 Å². The Bertz CT molecular complexity index is 1170. The highest BCUT2D eigenvalue weighted by Crippen LogP contribution is 2.32. The minimum atomic E-state index is 0.343. The van der Waals surface area contributed by atoms with Crippen molar-refractivity contribution in [2.75, 3.05) is 0 Å². The van der Waals surface area contributed by atoms with E-state index < -0.39 is 0 Å². The normalized spacial score (nSPS) is 10.5. The second-order valence-electron chi connectivity index (χ2n) is 5.75. The van der Waals surface area contributed by atoms with E-state index in [1.165, 1.54) is 0 Å². The predicted molar refractivity (Wildman–Crippen MR) is 98.3 cm³/mol. The summed E-state index contributed by atoms with van der Waals surface area (Å²) in [6, 6.07) is 24.1. The maximum atomic E-state index is 9.20. The summed E-state index contributed by atoms with van der Waals surface area (Å²) >= 11 is 0. The lowest BCUT2D eigenvalue weighted by Crippen LogP contribution is -1.94. The van der Waals surface area contributed by atoms with Gasteiger partial charge in [0.2, 0.25) is 0 Å². The predicted octanol–water partition coefficient (Wildman–Crippen LogP) is 5.47. The van der Waals surface area contributed by atoms with Gasteiger partial charge in [0.25, 0.3) is 0 Å². The van der Waals surface area contributed by atoms with E-state index in [0.29, 0.717) is 12.1 Å². The maximum absolute atomic E-state index is 9.20. The van der Waals surface area contributed by atoms with Crippen LogP contribution in [0.15, 0.2) is 71.8 Å². The molecule has 0 unspecified atom stereocenters. The van der Waals surface area contributed by atoms with Gasteiger partial charge in [-0.1, -0.05) is 35.4 Å². The third-order valence-corrected chi connectivity index (χ3v) is 4.31. The lowest BCUT2D eigenvalue weighted by Gasteiger charge is -2.08. The van der Waals surface area contributed by atoms with E-state index in [-0.39, 0.29) is 0 Å². The van der Waals surface area contributed by atoms with Crippen LogP contribution in [-0.4, -0.2) is 4.57 Å². The van der Waals surface area contributed by atoms with Gasteiger partial charge in [0.1, 0.15) is 0 Å². The average molecular weight is 323 g/mol. The number of fused-ring (bicyclic) bond motifs is 3. The fraction of sp³-hybridized carbons (Fsp3) is 0.0500. The summed E-state index contributed by atoms with van der Waals surface area (Å²) in [6.45, 7) is 0.343. The molecule has 0 atom stereocenters. The van der Waals surface area contributed by atoms with Crippen LogP contribution >= 0.6 is 0 Å². The first kappa shape index (κ1) is 14.8. The Morgan fingerprint density at radius 3 is 2.48 bits per heavy atom. The van der Waals surface area contributed by atoms with Crippen molar-refractivity contribution in [1.82, 2.24) is 4.57 Å². The second kappa shape index (κ2) is 6.04. The molecule has 4 rings (SSSR count). The number of aromatic nitrogens is 1. The average Bonchev–Trinajstić information content (AvgIpc) is 3.00. The van der Waals surface area contributed by atoms with Gasteiger partial charge in [0, 0.05) is 21.4 Å². The van der Waals surface area contributed by atoms with Crippen LogP contribution < -0.4 is 0 Å². The number of hydrogen-bond acceptors (Lipinski definition) is 2. The largest absolute Gasteiger partial charge is 0.309 e. The minimum absolute atomic E-state index is 0.343. The summed E-state index contributed by atoms with van der Waals surface area (Å²) in [6.07, 6.45) is 0. The monoisotopic (exact) mass is 323 g/mol. The number of azide groups is 1. The number of para-hydroxylation sites is 1. The van der Waals surface area contributed by atoms with Gasteiger partial charge < -0.3 is 4.57 Å². The van der Waals surface area contributed by atoms with E-state index in [1.54, 1.807) is 0 Å². The summed E-state index contributed by atoms with van der Waals surface area (Å²) in [7, 11) is 0. The molecule has 0 N–H and O–H groups in total. The molecule has 0 aliphatic heterocycles. The van der Waals surface area contributed by atoms with Crippen molar-refractivity contribution >= 4 is 21.8 Å². The quantitative estimate of drug-likeness (QED) is 0.280. The summed E-state index contributed by atoms with van der Waals surface area (Å²) in [4.78, 5) is 2.79. The molecule has 0 radical (unpaired) electrons. The lowest BCUT2D eigenvalue weighted by molar-refractivity contribution is 1.04. The molecule has 3 aromatic carbocycles.